The molecule has 78 valence electrons. The van der Waals surface area contributed by atoms with Crippen molar-refractivity contribution in [2.75, 3.05) is 7.11 Å². The quantitative estimate of drug-likeness (QED) is 0.854. The third kappa shape index (κ3) is 2.39. The van der Waals surface area contributed by atoms with Crippen molar-refractivity contribution in [2.45, 2.75) is 6.54 Å². The second-order valence-corrected chi connectivity index (χ2v) is 3.97. The first kappa shape index (κ1) is 10.2. The Morgan fingerprint density at radius 1 is 1.33 bits per heavy atom. The van der Waals surface area contributed by atoms with E-state index in [2.05, 4.69) is 33.2 Å². The summed E-state index contributed by atoms with van der Waals surface area (Å²) < 4.78 is 7.83. The van der Waals surface area contributed by atoms with Crippen molar-refractivity contribution in [1.82, 2.24) is 9.78 Å². The second kappa shape index (κ2) is 4.49. The molecule has 3 nitrogen and oxygen atoms in total. The number of hydrogen-bond acceptors (Lipinski definition) is 2. The van der Waals surface area contributed by atoms with Crippen LogP contribution in [-0.2, 0) is 6.54 Å². The molecule has 1 aromatic heterocycles. The van der Waals surface area contributed by atoms with Crippen LogP contribution in [0, 0.1) is 0 Å². The van der Waals surface area contributed by atoms with Crippen molar-refractivity contribution in [3.63, 3.8) is 0 Å². The molecule has 0 aliphatic carbocycles. The van der Waals surface area contributed by atoms with Crippen LogP contribution in [-0.4, -0.2) is 16.9 Å². The number of benzene rings is 1. The van der Waals surface area contributed by atoms with Crippen molar-refractivity contribution in [3.05, 3.63) is 46.6 Å². The van der Waals surface area contributed by atoms with Crippen LogP contribution >= 0.6 is 15.9 Å². The minimum absolute atomic E-state index is 0.623. The van der Waals surface area contributed by atoms with Gasteiger partial charge in [0.1, 0.15) is 4.60 Å². The largest absolute Gasteiger partial charge is 0.480 e. The van der Waals surface area contributed by atoms with Gasteiger partial charge in [-0.2, -0.15) is 0 Å². The van der Waals surface area contributed by atoms with Gasteiger partial charge in [-0.15, -0.1) is 5.10 Å². The van der Waals surface area contributed by atoms with Crippen LogP contribution in [0.15, 0.2) is 41.0 Å². The standard InChI is InChI=1S/C11H11BrN2O/c1-15-11-7-10(12)14(13-11)8-9-5-3-2-4-6-9/h2-7H,8H2,1H3. The highest BCUT2D eigenvalue weighted by atomic mass is 79.9. The average Bonchev–Trinajstić information content (AvgIpc) is 2.61. The average molecular weight is 267 g/mol. The number of nitrogens with zero attached hydrogens (tertiary/aromatic N) is 2. The Balaban J connectivity index is 2.21. The van der Waals surface area contributed by atoms with E-state index >= 15 is 0 Å². The van der Waals surface area contributed by atoms with Gasteiger partial charge in [0, 0.05) is 6.07 Å². The molecular formula is C11H11BrN2O. The summed E-state index contributed by atoms with van der Waals surface area (Å²) in [6.45, 7) is 0.741. The van der Waals surface area contributed by atoms with Gasteiger partial charge in [-0.1, -0.05) is 30.3 Å². The Kier molecular flexibility index (Phi) is 3.06. The summed E-state index contributed by atoms with van der Waals surface area (Å²) in [6, 6.07) is 12.0. The molecule has 0 spiro atoms. The molecule has 0 amide bonds. The molecule has 0 aliphatic heterocycles. The molecule has 0 N–H and O–H groups in total. The zero-order chi connectivity index (χ0) is 10.7. The van der Waals surface area contributed by atoms with Crippen LogP contribution in [0.25, 0.3) is 0 Å². The lowest BCUT2D eigenvalue weighted by atomic mass is 10.2. The van der Waals surface area contributed by atoms with E-state index in [0.717, 1.165) is 11.1 Å². The van der Waals surface area contributed by atoms with Gasteiger partial charge in [-0.25, -0.2) is 0 Å². The van der Waals surface area contributed by atoms with Crippen molar-refractivity contribution in [1.29, 1.82) is 0 Å². The first-order valence-electron chi connectivity index (χ1n) is 4.61. The summed E-state index contributed by atoms with van der Waals surface area (Å²) in [5, 5.41) is 4.27. The molecule has 0 saturated heterocycles. The minimum atomic E-state index is 0.623. The molecule has 0 bridgehead atoms. The van der Waals surface area contributed by atoms with E-state index in [4.69, 9.17) is 4.74 Å². The van der Waals surface area contributed by atoms with E-state index in [0.29, 0.717) is 5.88 Å². The first-order chi connectivity index (χ1) is 7.29. The minimum Gasteiger partial charge on any atom is -0.480 e. The van der Waals surface area contributed by atoms with Gasteiger partial charge in [0.15, 0.2) is 0 Å². The molecule has 15 heavy (non-hydrogen) atoms. The fourth-order valence-corrected chi connectivity index (χ4v) is 1.74. The summed E-state index contributed by atoms with van der Waals surface area (Å²) in [4.78, 5) is 0. The lowest BCUT2D eigenvalue weighted by Crippen LogP contribution is -2.01. The summed E-state index contributed by atoms with van der Waals surface area (Å²) in [7, 11) is 1.61. The number of hydrogen-bond donors (Lipinski definition) is 0. The molecular weight excluding hydrogens is 256 g/mol. The highest BCUT2D eigenvalue weighted by molar-refractivity contribution is 9.10. The molecule has 2 rings (SSSR count). The van der Waals surface area contributed by atoms with Crippen LogP contribution in [0.2, 0.25) is 0 Å². The van der Waals surface area contributed by atoms with Gasteiger partial charge in [0.2, 0.25) is 5.88 Å². The van der Waals surface area contributed by atoms with E-state index < -0.39 is 0 Å². The normalized spacial score (nSPS) is 10.3. The second-order valence-electron chi connectivity index (χ2n) is 3.15. The molecule has 0 unspecified atom stereocenters. The van der Waals surface area contributed by atoms with E-state index in [1.807, 2.05) is 28.9 Å². The highest BCUT2D eigenvalue weighted by Crippen LogP contribution is 2.18. The zero-order valence-corrected chi connectivity index (χ0v) is 9.94. The molecule has 0 aliphatic rings. The smallest absolute Gasteiger partial charge is 0.233 e. The Morgan fingerprint density at radius 2 is 2.07 bits per heavy atom. The first-order valence-corrected chi connectivity index (χ1v) is 5.40. The molecule has 0 radical (unpaired) electrons. The fraction of sp³-hybridized carbons (Fsp3) is 0.182. The fourth-order valence-electron chi connectivity index (χ4n) is 1.34. The highest BCUT2D eigenvalue weighted by Gasteiger charge is 2.05. The summed E-state index contributed by atoms with van der Waals surface area (Å²) in [5.74, 6) is 0.623. The van der Waals surface area contributed by atoms with Gasteiger partial charge in [0.25, 0.3) is 0 Å². The predicted octanol–water partition coefficient (Wildman–Crippen LogP) is 2.70. The van der Waals surface area contributed by atoms with Gasteiger partial charge < -0.3 is 4.74 Å². The molecule has 1 aromatic carbocycles. The van der Waals surface area contributed by atoms with Crippen LogP contribution < -0.4 is 4.74 Å². The molecule has 0 atom stereocenters. The number of ether oxygens (including phenoxy) is 1. The number of methoxy groups -OCH3 is 1. The monoisotopic (exact) mass is 266 g/mol. The summed E-state index contributed by atoms with van der Waals surface area (Å²) in [6.07, 6.45) is 0. The van der Waals surface area contributed by atoms with Crippen LogP contribution in [0.1, 0.15) is 5.56 Å². The Labute approximate surface area is 96.8 Å². The lowest BCUT2D eigenvalue weighted by molar-refractivity contribution is 0.390. The third-order valence-electron chi connectivity index (χ3n) is 2.09. The Bertz CT molecular complexity index is 439. The van der Waals surface area contributed by atoms with Crippen LogP contribution in [0.5, 0.6) is 5.88 Å². The number of aromatic nitrogens is 2. The van der Waals surface area contributed by atoms with Gasteiger partial charge in [0.05, 0.1) is 13.7 Å². The van der Waals surface area contributed by atoms with Gasteiger partial charge in [-0.05, 0) is 21.5 Å². The topological polar surface area (TPSA) is 27.1 Å². The van der Waals surface area contributed by atoms with Crippen LogP contribution in [0.3, 0.4) is 0 Å². The van der Waals surface area contributed by atoms with Crippen molar-refractivity contribution in [3.8, 4) is 5.88 Å². The maximum Gasteiger partial charge on any atom is 0.233 e. The summed E-state index contributed by atoms with van der Waals surface area (Å²) >= 11 is 3.44. The Hall–Kier alpha value is -1.29. The molecule has 4 heteroatoms. The van der Waals surface area contributed by atoms with Crippen molar-refractivity contribution >= 4 is 15.9 Å². The maximum atomic E-state index is 5.05. The van der Waals surface area contributed by atoms with Gasteiger partial charge in [-0.3, -0.25) is 4.68 Å². The van der Waals surface area contributed by atoms with Crippen LogP contribution in [0.4, 0.5) is 0 Å². The molecule has 2 aromatic rings. The maximum absolute atomic E-state index is 5.05. The molecule has 0 saturated carbocycles. The molecule has 0 fully saturated rings. The van der Waals surface area contributed by atoms with E-state index in [1.165, 1.54) is 5.56 Å². The van der Waals surface area contributed by atoms with E-state index in [1.54, 1.807) is 7.11 Å². The SMILES string of the molecule is COc1cc(Br)n(Cc2ccccc2)n1. The van der Waals surface area contributed by atoms with E-state index in [-0.39, 0.29) is 0 Å². The van der Waals surface area contributed by atoms with Crippen molar-refractivity contribution < 1.29 is 4.74 Å². The third-order valence-corrected chi connectivity index (χ3v) is 2.73. The Morgan fingerprint density at radius 3 is 2.67 bits per heavy atom. The van der Waals surface area contributed by atoms with E-state index in [9.17, 15) is 0 Å². The molecule has 1 heterocycles. The van der Waals surface area contributed by atoms with Crippen molar-refractivity contribution in [2.24, 2.45) is 0 Å². The van der Waals surface area contributed by atoms with Gasteiger partial charge >= 0.3 is 0 Å². The number of halogens is 1. The predicted molar refractivity (Wildman–Crippen MR) is 62.0 cm³/mol. The number of rotatable bonds is 3. The zero-order valence-electron chi connectivity index (χ0n) is 8.35. The summed E-state index contributed by atoms with van der Waals surface area (Å²) in [5.41, 5.74) is 1.21. The lowest BCUT2D eigenvalue weighted by Gasteiger charge is -2.02.